The predicted octanol–water partition coefficient (Wildman–Crippen LogP) is 0.314. The third-order valence-electron chi connectivity index (χ3n) is 1.35. The molecule has 0 N–H and O–H groups in total. The molecule has 1 fully saturated rings. The average molecular weight is 146 g/mol. The highest BCUT2D eigenvalue weighted by atomic mass is 28.2. The molecule has 0 amide bonds. The lowest BCUT2D eigenvalue weighted by Gasteiger charge is -1.97. The van der Waals surface area contributed by atoms with E-state index in [1.165, 1.54) is 12.5 Å². The number of rotatable bonds is 5. The molecule has 0 aromatic heterocycles. The van der Waals surface area contributed by atoms with Crippen LogP contribution in [0.15, 0.2) is 0 Å². The molecule has 0 bridgehead atoms. The summed E-state index contributed by atoms with van der Waals surface area (Å²) in [5, 5.41) is 0. The summed E-state index contributed by atoms with van der Waals surface area (Å²) in [5.74, 6) is 0. The van der Waals surface area contributed by atoms with Crippen LogP contribution < -0.4 is 0 Å². The van der Waals surface area contributed by atoms with Crippen LogP contribution in [0.3, 0.4) is 0 Å². The molecular formula is C6H14O2Si. The van der Waals surface area contributed by atoms with Gasteiger partial charge in [-0.3, -0.25) is 0 Å². The zero-order chi connectivity index (χ0) is 6.53. The molecule has 1 heterocycles. The van der Waals surface area contributed by atoms with Crippen LogP contribution in [0.25, 0.3) is 0 Å². The number of hydrogen-bond acceptors (Lipinski definition) is 2. The first-order valence-electron chi connectivity index (χ1n) is 3.63. The van der Waals surface area contributed by atoms with Gasteiger partial charge < -0.3 is 9.16 Å². The first-order chi connectivity index (χ1) is 4.43. The van der Waals surface area contributed by atoms with Crippen LogP contribution in [0.4, 0.5) is 0 Å². The maximum atomic E-state index is 5.41. The highest BCUT2D eigenvalue weighted by Gasteiger charge is 2.21. The molecule has 0 aromatic carbocycles. The van der Waals surface area contributed by atoms with Gasteiger partial charge in [0.15, 0.2) is 9.76 Å². The highest BCUT2D eigenvalue weighted by molar-refractivity contribution is 6.26. The van der Waals surface area contributed by atoms with Gasteiger partial charge in [-0.05, 0) is 6.04 Å². The number of epoxide rings is 1. The second kappa shape index (κ2) is 4.03. The normalized spacial score (nSPS) is 25.7. The fourth-order valence-electron chi connectivity index (χ4n) is 0.625. The Labute approximate surface area is 58.5 Å². The maximum absolute atomic E-state index is 5.41. The third-order valence-corrected chi connectivity index (χ3v) is 2.87. The summed E-state index contributed by atoms with van der Waals surface area (Å²) >= 11 is 0. The Morgan fingerprint density at radius 3 is 3.11 bits per heavy atom. The molecule has 3 heteroatoms. The van der Waals surface area contributed by atoms with Crippen LogP contribution in [-0.4, -0.2) is 29.1 Å². The Bertz CT molecular complexity index is 73.5. The first kappa shape index (κ1) is 7.25. The average Bonchev–Trinajstić information content (AvgIpc) is 2.63. The lowest BCUT2D eigenvalue weighted by atomic mass is 10.5. The van der Waals surface area contributed by atoms with E-state index in [2.05, 4.69) is 6.92 Å². The zero-order valence-electron chi connectivity index (χ0n) is 5.93. The van der Waals surface area contributed by atoms with Gasteiger partial charge in [0.25, 0.3) is 0 Å². The van der Waals surface area contributed by atoms with E-state index in [1.807, 2.05) is 0 Å². The Kier molecular flexibility index (Phi) is 3.25. The van der Waals surface area contributed by atoms with Crippen molar-refractivity contribution in [3.05, 3.63) is 0 Å². The zero-order valence-corrected chi connectivity index (χ0v) is 7.34. The minimum absolute atomic E-state index is 0.172. The first-order valence-corrected chi connectivity index (χ1v) is 5.20. The van der Waals surface area contributed by atoms with E-state index in [-0.39, 0.29) is 9.76 Å². The molecule has 1 aliphatic heterocycles. The van der Waals surface area contributed by atoms with Gasteiger partial charge in [0.05, 0.1) is 13.2 Å². The second-order valence-corrected chi connectivity index (χ2v) is 3.91. The highest BCUT2D eigenvalue weighted by Crippen LogP contribution is 2.08. The molecule has 2 nitrogen and oxygen atoms in total. The summed E-state index contributed by atoms with van der Waals surface area (Å²) in [7, 11) is -0.172. The van der Waals surface area contributed by atoms with E-state index in [4.69, 9.17) is 9.16 Å². The van der Waals surface area contributed by atoms with E-state index in [9.17, 15) is 0 Å². The molecule has 0 aliphatic carbocycles. The minimum atomic E-state index is -0.172. The quantitative estimate of drug-likeness (QED) is 0.316. The Balaban J connectivity index is 1.71. The van der Waals surface area contributed by atoms with Crippen molar-refractivity contribution in [2.75, 3.05) is 13.2 Å². The molecule has 9 heavy (non-hydrogen) atoms. The minimum Gasteiger partial charge on any atom is -0.421 e. The molecule has 0 spiro atoms. The Hall–Kier alpha value is 0.137. The van der Waals surface area contributed by atoms with Crippen LogP contribution in [0.1, 0.15) is 13.3 Å². The van der Waals surface area contributed by atoms with Crippen LogP contribution in [0.2, 0.25) is 6.04 Å². The topological polar surface area (TPSA) is 21.8 Å². The second-order valence-electron chi connectivity index (χ2n) is 2.38. The lowest BCUT2D eigenvalue weighted by Crippen LogP contribution is -2.04. The molecule has 1 aliphatic rings. The number of ether oxygens (including phenoxy) is 1. The van der Waals surface area contributed by atoms with Gasteiger partial charge in [0, 0.05) is 0 Å². The van der Waals surface area contributed by atoms with Crippen molar-refractivity contribution >= 4 is 9.76 Å². The smallest absolute Gasteiger partial charge is 0.161 e. The van der Waals surface area contributed by atoms with Crippen molar-refractivity contribution in [3.8, 4) is 0 Å². The molecule has 0 radical (unpaired) electrons. The van der Waals surface area contributed by atoms with Gasteiger partial charge in [-0.2, -0.15) is 0 Å². The molecule has 0 saturated carbocycles. The van der Waals surface area contributed by atoms with Gasteiger partial charge >= 0.3 is 0 Å². The molecule has 0 aromatic rings. The van der Waals surface area contributed by atoms with Crippen LogP contribution in [0.5, 0.6) is 0 Å². The predicted molar refractivity (Wildman–Crippen MR) is 39.3 cm³/mol. The van der Waals surface area contributed by atoms with Crippen molar-refractivity contribution in [3.63, 3.8) is 0 Å². The summed E-state index contributed by atoms with van der Waals surface area (Å²) < 4.78 is 10.4. The van der Waals surface area contributed by atoms with Crippen molar-refractivity contribution in [1.82, 2.24) is 0 Å². The molecule has 1 rings (SSSR count). The van der Waals surface area contributed by atoms with Gasteiger partial charge in [-0.25, -0.2) is 0 Å². The Morgan fingerprint density at radius 2 is 2.56 bits per heavy atom. The molecule has 1 atom stereocenters. The summed E-state index contributed by atoms with van der Waals surface area (Å²) in [6.45, 7) is 4.00. The van der Waals surface area contributed by atoms with E-state index >= 15 is 0 Å². The molecule has 1 saturated heterocycles. The van der Waals surface area contributed by atoms with E-state index in [1.54, 1.807) is 0 Å². The number of hydrogen-bond donors (Lipinski definition) is 0. The van der Waals surface area contributed by atoms with Crippen LogP contribution in [-0.2, 0) is 9.16 Å². The fourth-order valence-corrected chi connectivity index (χ4v) is 1.55. The Morgan fingerprint density at radius 1 is 1.78 bits per heavy atom. The van der Waals surface area contributed by atoms with Crippen molar-refractivity contribution in [2.24, 2.45) is 0 Å². The van der Waals surface area contributed by atoms with E-state index in [0.717, 1.165) is 13.2 Å². The van der Waals surface area contributed by atoms with Crippen molar-refractivity contribution in [1.29, 1.82) is 0 Å². The van der Waals surface area contributed by atoms with Crippen LogP contribution in [0, 0.1) is 0 Å². The van der Waals surface area contributed by atoms with Crippen molar-refractivity contribution in [2.45, 2.75) is 25.5 Å². The van der Waals surface area contributed by atoms with E-state index < -0.39 is 0 Å². The summed E-state index contributed by atoms with van der Waals surface area (Å²) in [6.07, 6.45) is 1.74. The van der Waals surface area contributed by atoms with Gasteiger partial charge in [0.1, 0.15) is 6.10 Å². The summed E-state index contributed by atoms with van der Waals surface area (Å²) in [4.78, 5) is 0. The SMILES string of the molecule is CCC[SiH2]OC[C@H]1CO1. The molecular weight excluding hydrogens is 132 g/mol. The van der Waals surface area contributed by atoms with Gasteiger partial charge in [-0.15, -0.1) is 0 Å². The fraction of sp³-hybridized carbons (Fsp3) is 1.00. The van der Waals surface area contributed by atoms with Crippen LogP contribution >= 0.6 is 0 Å². The summed E-state index contributed by atoms with van der Waals surface area (Å²) in [5.41, 5.74) is 0. The molecule has 54 valence electrons. The lowest BCUT2D eigenvalue weighted by molar-refractivity contribution is 0.273. The standard InChI is InChI=1S/C6H14O2Si/c1-2-3-9-8-5-6-4-7-6/h6H,2-5,9H2,1H3/t6-/m1/s1. The maximum Gasteiger partial charge on any atom is 0.161 e. The summed E-state index contributed by atoms with van der Waals surface area (Å²) in [6, 6.07) is 1.31. The van der Waals surface area contributed by atoms with Gasteiger partial charge in [0.2, 0.25) is 0 Å². The van der Waals surface area contributed by atoms with Crippen molar-refractivity contribution < 1.29 is 9.16 Å². The molecule has 0 unspecified atom stereocenters. The van der Waals surface area contributed by atoms with Gasteiger partial charge in [-0.1, -0.05) is 13.3 Å². The monoisotopic (exact) mass is 146 g/mol. The largest absolute Gasteiger partial charge is 0.421 e. The third kappa shape index (κ3) is 3.67. The van der Waals surface area contributed by atoms with E-state index in [0.29, 0.717) is 6.10 Å².